The van der Waals surface area contributed by atoms with Crippen LogP contribution in [0.4, 0.5) is 11.4 Å². The SMILES string of the molecule is CCOC(=O)C(C#N)C=Nc1ccc(NC(C)=O)c(OC)c1. The standard InChI is InChI=1S/C15H17N3O4/c1-4-22-15(20)11(8-16)9-17-12-5-6-13(18-10(2)19)14(7-12)21-3/h5-7,9,11H,4H2,1-3H3,(H,18,19). The number of aliphatic imine (C=N–C) groups is 1. The Balaban J connectivity index is 2.93. The smallest absolute Gasteiger partial charge is 0.328 e. The third kappa shape index (κ3) is 4.90. The third-order valence-corrected chi connectivity index (χ3v) is 2.55. The average molecular weight is 303 g/mol. The maximum atomic E-state index is 11.5. The van der Waals surface area contributed by atoms with Gasteiger partial charge in [0.25, 0.3) is 0 Å². The molecule has 0 spiro atoms. The van der Waals surface area contributed by atoms with Gasteiger partial charge < -0.3 is 14.8 Å². The minimum Gasteiger partial charge on any atom is -0.494 e. The first-order valence-electron chi connectivity index (χ1n) is 6.57. The Bertz CT molecular complexity index is 620. The summed E-state index contributed by atoms with van der Waals surface area (Å²) in [4.78, 5) is 26.6. The summed E-state index contributed by atoms with van der Waals surface area (Å²) >= 11 is 0. The molecule has 1 N–H and O–H groups in total. The van der Waals surface area contributed by atoms with E-state index in [0.717, 1.165) is 0 Å². The van der Waals surface area contributed by atoms with Crippen molar-refractivity contribution in [3.8, 4) is 11.8 Å². The molecule has 0 bridgehead atoms. The van der Waals surface area contributed by atoms with Gasteiger partial charge in [0.15, 0.2) is 5.92 Å². The van der Waals surface area contributed by atoms with Gasteiger partial charge in [0.05, 0.1) is 31.2 Å². The molecule has 22 heavy (non-hydrogen) atoms. The maximum Gasteiger partial charge on any atom is 0.328 e. The van der Waals surface area contributed by atoms with Gasteiger partial charge in [-0.2, -0.15) is 5.26 Å². The summed E-state index contributed by atoms with van der Waals surface area (Å²) in [5.74, 6) is -1.51. The van der Waals surface area contributed by atoms with Gasteiger partial charge in [0.1, 0.15) is 5.75 Å². The molecule has 0 fully saturated rings. The second-order valence-corrected chi connectivity index (χ2v) is 4.20. The number of rotatable bonds is 6. The number of hydrogen-bond acceptors (Lipinski definition) is 6. The lowest BCUT2D eigenvalue weighted by atomic mass is 10.2. The summed E-state index contributed by atoms with van der Waals surface area (Å²) in [5, 5.41) is 11.6. The molecular weight excluding hydrogens is 286 g/mol. The van der Waals surface area contributed by atoms with Gasteiger partial charge in [-0.05, 0) is 19.1 Å². The molecule has 0 saturated carbocycles. The van der Waals surface area contributed by atoms with Crippen LogP contribution in [0.25, 0.3) is 0 Å². The van der Waals surface area contributed by atoms with Gasteiger partial charge in [0, 0.05) is 19.2 Å². The van der Waals surface area contributed by atoms with Crippen LogP contribution in [0.3, 0.4) is 0 Å². The predicted molar refractivity (Wildman–Crippen MR) is 81.2 cm³/mol. The van der Waals surface area contributed by atoms with E-state index in [0.29, 0.717) is 17.1 Å². The Labute approximate surface area is 128 Å². The lowest BCUT2D eigenvalue weighted by Crippen LogP contribution is -2.17. The van der Waals surface area contributed by atoms with E-state index in [-0.39, 0.29) is 12.5 Å². The van der Waals surface area contributed by atoms with Gasteiger partial charge in [0.2, 0.25) is 5.91 Å². The fourth-order valence-electron chi connectivity index (χ4n) is 1.59. The molecule has 1 amide bonds. The Morgan fingerprint density at radius 2 is 2.23 bits per heavy atom. The molecule has 7 nitrogen and oxygen atoms in total. The van der Waals surface area contributed by atoms with E-state index in [1.807, 2.05) is 6.07 Å². The van der Waals surface area contributed by atoms with Crippen LogP contribution in [0.1, 0.15) is 13.8 Å². The zero-order valence-corrected chi connectivity index (χ0v) is 12.6. The van der Waals surface area contributed by atoms with Crippen LogP contribution in [0.2, 0.25) is 0 Å². The Morgan fingerprint density at radius 3 is 2.77 bits per heavy atom. The Morgan fingerprint density at radius 1 is 1.50 bits per heavy atom. The van der Waals surface area contributed by atoms with Crippen molar-refractivity contribution in [2.24, 2.45) is 10.9 Å². The highest BCUT2D eigenvalue weighted by Crippen LogP contribution is 2.29. The fourth-order valence-corrected chi connectivity index (χ4v) is 1.59. The van der Waals surface area contributed by atoms with E-state index in [2.05, 4.69) is 10.3 Å². The minimum atomic E-state index is -1.07. The molecule has 0 radical (unpaired) electrons. The molecule has 0 aliphatic heterocycles. The van der Waals surface area contributed by atoms with Crippen LogP contribution in [0.15, 0.2) is 23.2 Å². The monoisotopic (exact) mass is 303 g/mol. The first-order valence-corrected chi connectivity index (χ1v) is 6.57. The maximum absolute atomic E-state index is 11.5. The van der Waals surface area contributed by atoms with Crippen molar-refractivity contribution < 1.29 is 19.1 Å². The number of benzene rings is 1. The van der Waals surface area contributed by atoms with E-state index in [9.17, 15) is 9.59 Å². The van der Waals surface area contributed by atoms with Crippen molar-refractivity contribution in [3.63, 3.8) is 0 Å². The summed E-state index contributed by atoms with van der Waals surface area (Å²) in [6.45, 7) is 3.25. The number of carbonyl (C=O) groups is 2. The molecule has 116 valence electrons. The van der Waals surface area contributed by atoms with Crippen molar-refractivity contribution in [1.29, 1.82) is 5.26 Å². The second-order valence-electron chi connectivity index (χ2n) is 4.20. The Kier molecular flexibility index (Phi) is 6.57. The number of nitrogens with one attached hydrogen (secondary N) is 1. The first-order chi connectivity index (χ1) is 10.5. The molecule has 1 aromatic carbocycles. The van der Waals surface area contributed by atoms with Crippen molar-refractivity contribution in [2.45, 2.75) is 13.8 Å². The topological polar surface area (TPSA) is 101 Å². The molecule has 0 aromatic heterocycles. The number of nitrogens with zero attached hydrogens (tertiary/aromatic N) is 2. The van der Waals surface area contributed by atoms with Crippen LogP contribution in [-0.2, 0) is 14.3 Å². The fraction of sp³-hybridized carbons (Fsp3) is 0.333. The molecule has 1 aromatic rings. The number of carbonyl (C=O) groups excluding carboxylic acids is 2. The van der Waals surface area contributed by atoms with Crippen LogP contribution in [0, 0.1) is 17.2 Å². The molecule has 0 aliphatic carbocycles. The largest absolute Gasteiger partial charge is 0.494 e. The van der Waals surface area contributed by atoms with E-state index >= 15 is 0 Å². The summed E-state index contributed by atoms with van der Waals surface area (Å²) < 4.78 is 9.93. The summed E-state index contributed by atoms with van der Waals surface area (Å²) in [6.07, 6.45) is 1.21. The lowest BCUT2D eigenvalue weighted by Gasteiger charge is -2.09. The Hall–Kier alpha value is -2.88. The minimum absolute atomic E-state index is 0.199. The summed E-state index contributed by atoms with van der Waals surface area (Å²) in [5.41, 5.74) is 0.992. The van der Waals surface area contributed by atoms with Crippen molar-refractivity contribution in [3.05, 3.63) is 18.2 Å². The molecule has 1 atom stereocenters. The zero-order chi connectivity index (χ0) is 16.5. The van der Waals surface area contributed by atoms with Crippen LogP contribution >= 0.6 is 0 Å². The molecule has 7 heteroatoms. The molecule has 0 aliphatic rings. The van der Waals surface area contributed by atoms with E-state index in [1.165, 1.54) is 20.2 Å². The number of esters is 1. The third-order valence-electron chi connectivity index (χ3n) is 2.55. The van der Waals surface area contributed by atoms with E-state index in [1.54, 1.807) is 25.1 Å². The normalized spacial score (nSPS) is 11.5. The van der Waals surface area contributed by atoms with Crippen LogP contribution < -0.4 is 10.1 Å². The first kappa shape index (κ1) is 17.2. The quantitative estimate of drug-likeness (QED) is 0.640. The molecule has 1 unspecified atom stereocenters. The zero-order valence-electron chi connectivity index (χ0n) is 12.6. The highest BCUT2D eigenvalue weighted by molar-refractivity contribution is 5.94. The lowest BCUT2D eigenvalue weighted by molar-refractivity contribution is -0.143. The van der Waals surface area contributed by atoms with Gasteiger partial charge in [-0.1, -0.05) is 0 Å². The van der Waals surface area contributed by atoms with Crippen molar-refractivity contribution in [1.82, 2.24) is 0 Å². The number of anilines is 1. The van der Waals surface area contributed by atoms with Gasteiger partial charge >= 0.3 is 5.97 Å². The van der Waals surface area contributed by atoms with Crippen molar-refractivity contribution in [2.75, 3.05) is 19.0 Å². The van der Waals surface area contributed by atoms with Gasteiger partial charge in [-0.3, -0.25) is 14.6 Å². The summed E-state index contributed by atoms with van der Waals surface area (Å²) in [6, 6.07) is 6.65. The van der Waals surface area contributed by atoms with Gasteiger partial charge in [-0.25, -0.2) is 0 Å². The molecule has 0 saturated heterocycles. The van der Waals surface area contributed by atoms with E-state index < -0.39 is 11.9 Å². The van der Waals surface area contributed by atoms with Crippen molar-refractivity contribution >= 4 is 29.5 Å². The number of ether oxygens (including phenoxy) is 2. The number of nitriles is 1. The van der Waals surface area contributed by atoms with Crippen LogP contribution in [0.5, 0.6) is 5.75 Å². The number of hydrogen-bond donors (Lipinski definition) is 1. The highest BCUT2D eigenvalue weighted by atomic mass is 16.5. The molecule has 1 rings (SSSR count). The summed E-state index contributed by atoms with van der Waals surface area (Å²) in [7, 11) is 1.46. The second kappa shape index (κ2) is 8.42. The highest BCUT2D eigenvalue weighted by Gasteiger charge is 2.16. The van der Waals surface area contributed by atoms with E-state index in [4.69, 9.17) is 14.7 Å². The predicted octanol–water partition coefficient (Wildman–Crippen LogP) is 2.06. The number of amides is 1. The molecular formula is C15H17N3O4. The van der Waals surface area contributed by atoms with Crippen LogP contribution in [-0.4, -0.2) is 31.8 Å². The average Bonchev–Trinajstić information content (AvgIpc) is 2.48. The number of methoxy groups -OCH3 is 1. The van der Waals surface area contributed by atoms with Gasteiger partial charge in [-0.15, -0.1) is 0 Å². The molecule has 0 heterocycles.